The van der Waals surface area contributed by atoms with Crippen LogP contribution in [0.25, 0.3) is 27.9 Å². The van der Waals surface area contributed by atoms with Crippen LogP contribution in [0.3, 0.4) is 0 Å². The molecule has 0 bridgehead atoms. The molecule has 0 spiro atoms. The molecule has 27 heavy (non-hydrogen) atoms. The van der Waals surface area contributed by atoms with E-state index in [9.17, 15) is 13.6 Å². The summed E-state index contributed by atoms with van der Waals surface area (Å²) in [6.07, 6.45) is 1.57. The van der Waals surface area contributed by atoms with Crippen molar-refractivity contribution in [2.45, 2.75) is 0 Å². The van der Waals surface area contributed by atoms with Crippen molar-refractivity contribution in [3.63, 3.8) is 0 Å². The van der Waals surface area contributed by atoms with Gasteiger partial charge in [-0.15, -0.1) is 0 Å². The minimum Gasteiger partial charge on any atom is -0.267 e. The van der Waals surface area contributed by atoms with E-state index in [1.165, 1.54) is 28.9 Å². The Kier molecular flexibility index (Phi) is 4.34. The van der Waals surface area contributed by atoms with Gasteiger partial charge in [0.05, 0.1) is 17.4 Å². The van der Waals surface area contributed by atoms with Crippen molar-refractivity contribution < 1.29 is 8.78 Å². The number of aromatic nitrogens is 2. The van der Waals surface area contributed by atoms with Crippen LogP contribution in [0.1, 0.15) is 0 Å². The highest BCUT2D eigenvalue weighted by Gasteiger charge is 2.16. The molecule has 4 rings (SSSR count). The summed E-state index contributed by atoms with van der Waals surface area (Å²) < 4.78 is 28.0. The van der Waals surface area contributed by atoms with Crippen LogP contribution in [0.4, 0.5) is 8.78 Å². The van der Waals surface area contributed by atoms with Crippen LogP contribution in [0, 0.1) is 11.6 Å². The van der Waals surface area contributed by atoms with Gasteiger partial charge in [-0.3, -0.25) is 4.79 Å². The smallest absolute Gasteiger partial charge is 0.267 e. The zero-order chi connectivity index (χ0) is 18.8. The van der Waals surface area contributed by atoms with E-state index in [0.29, 0.717) is 27.9 Å². The van der Waals surface area contributed by atoms with Crippen LogP contribution in [-0.2, 0) is 0 Å². The lowest BCUT2D eigenvalue weighted by Gasteiger charge is -2.13. The largest absolute Gasteiger partial charge is 0.279 e. The Hall–Kier alpha value is -3.60. The molecule has 0 aliphatic rings. The molecule has 132 valence electrons. The monoisotopic (exact) mass is 360 g/mol. The number of hydrogen-bond acceptors (Lipinski definition) is 2. The molecular weight excluding hydrogens is 346 g/mol. The molecule has 0 amide bonds. The van der Waals surface area contributed by atoms with E-state index in [4.69, 9.17) is 0 Å². The van der Waals surface area contributed by atoms with Gasteiger partial charge in [0.25, 0.3) is 5.56 Å². The van der Waals surface area contributed by atoms with Crippen LogP contribution in [-0.4, -0.2) is 9.78 Å². The van der Waals surface area contributed by atoms with Gasteiger partial charge in [0, 0.05) is 5.56 Å². The summed E-state index contributed by atoms with van der Waals surface area (Å²) in [7, 11) is 0. The van der Waals surface area contributed by atoms with Crippen LogP contribution in [0.2, 0.25) is 0 Å². The van der Waals surface area contributed by atoms with Gasteiger partial charge in [-0.05, 0) is 47.5 Å². The van der Waals surface area contributed by atoms with Gasteiger partial charge in [-0.25, -0.2) is 8.78 Å². The molecule has 0 saturated carbocycles. The number of rotatable bonds is 3. The fourth-order valence-electron chi connectivity index (χ4n) is 2.95. The molecule has 0 aliphatic heterocycles. The van der Waals surface area contributed by atoms with E-state index >= 15 is 0 Å². The highest BCUT2D eigenvalue weighted by Crippen LogP contribution is 2.29. The van der Waals surface area contributed by atoms with Gasteiger partial charge >= 0.3 is 0 Å². The maximum Gasteiger partial charge on any atom is 0.279 e. The average molecular weight is 360 g/mol. The van der Waals surface area contributed by atoms with E-state index in [1.54, 1.807) is 42.6 Å². The number of benzene rings is 3. The minimum atomic E-state index is -0.389. The maximum absolute atomic E-state index is 13.4. The second-order valence-corrected chi connectivity index (χ2v) is 6.00. The topological polar surface area (TPSA) is 34.9 Å². The first-order valence-electron chi connectivity index (χ1n) is 8.33. The number of hydrogen-bond donors (Lipinski definition) is 0. The Balaban J connectivity index is 1.99. The SMILES string of the molecule is O=c1c(-c2ccc(F)cc2)c(-c2ccc(F)cc2)cnn1-c1ccccc1. The van der Waals surface area contributed by atoms with Gasteiger partial charge in [-0.2, -0.15) is 9.78 Å². The van der Waals surface area contributed by atoms with E-state index in [-0.39, 0.29) is 17.2 Å². The quantitative estimate of drug-likeness (QED) is 0.524. The molecule has 0 radical (unpaired) electrons. The van der Waals surface area contributed by atoms with Crippen LogP contribution in [0.15, 0.2) is 89.9 Å². The molecule has 0 saturated heterocycles. The molecular formula is C22H14F2N2O. The van der Waals surface area contributed by atoms with Crippen LogP contribution < -0.4 is 5.56 Å². The Morgan fingerprint density at radius 1 is 0.704 bits per heavy atom. The summed E-state index contributed by atoms with van der Waals surface area (Å²) in [5, 5.41) is 4.29. The fourth-order valence-corrected chi connectivity index (χ4v) is 2.95. The first-order valence-corrected chi connectivity index (χ1v) is 8.33. The van der Waals surface area contributed by atoms with Gasteiger partial charge in [-0.1, -0.05) is 42.5 Å². The number of para-hydroxylation sites is 1. The highest BCUT2D eigenvalue weighted by atomic mass is 19.1. The lowest BCUT2D eigenvalue weighted by molar-refractivity contribution is 0.627. The molecule has 1 aromatic heterocycles. The number of halogens is 2. The summed E-state index contributed by atoms with van der Waals surface area (Å²) in [5.74, 6) is -0.757. The van der Waals surface area contributed by atoms with Crippen molar-refractivity contribution >= 4 is 0 Å². The summed E-state index contributed by atoms with van der Waals surface area (Å²) in [6, 6.07) is 20.6. The van der Waals surface area contributed by atoms with Crippen molar-refractivity contribution in [3.8, 4) is 27.9 Å². The summed E-state index contributed by atoms with van der Waals surface area (Å²) in [6.45, 7) is 0. The summed E-state index contributed by atoms with van der Waals surface area (Å²) >= 11 is 0. The third kappa shape index (κ3) is 3.27. The molecule has 0 unspecified atom stereocenters. The summed E-state index contributed by atoms with van der Waals surface area (Å²) in [5.41, 5.74) is 2.43. The highest BCUT2D eigenvalue weighted by molar-refractivity contribution is 5.82. The zero-order valence-corrected chi connectivity index (χ0v) is 14.1. The second-order valence-electron chi connectivity index (χ2n) is 6.00. The molecule has 3 aromatic carbocycles. The van der Waals surface area contributed by atoms with E-state index in [0.717, 1.165) is 0 Å². The Bertz CT molecular complexity index is 1140. The Labute approximate surface area is 154 Å². The van der Waals surface area contributed by atoms with Crippen molar-refractivity contribution in [1.29, 1.82) is 0 Å². The van der Waals surface area contributed by atoms with Gasteiger partial charge in [0.2, 0.25) is 0 Å². The number of nitrogens with zero attached hydrogens (tertiary/aromatic N) is 2. The predicted octanol–water partition coefficient (Wildman–Crippen LogP) is 4.84. The third-order valence-corrected chi connectivity index (χ3v) is 4.27. The maximum atomic E-state index is 13.4. The normalized spacial score (nSPS) is 10.7. The lowest BCUT2D eigenvalue weighted by Crippen LogP contribution is -2.23. The first kappa shape index (κ1) is 16.8. The lowest BCUT2D eigenvalue weighted by atomic mass is 9.97. The molecule has 0 aliphatic carbocycles. The van der Waals surface area contributed by atoms with Crippen molar-refractivity contribution in [3.05, 3.63) is 107 Å². The molecule has 0 N–H and O–H groups in total. The molecule has 0 fully saturated rings. The fraction of sp³-hybridized carbons (Fsp3) is 0. The second kappa shape index (κ2) is 6.96. The predicted molar refractivity (Wildman–Crippen MR) is 101 cm³/mol. The standard InChI is InChI=1S/C22H14F2N2O/c23-17-10-6-15(7-11-17)20-14-25-26(19-4-2-1-3-5-19)22(27)21(20)16-8-12-18(24)13-9-16/h1-14H. The third-order valence-electron chi connectivity index (χ3n) is 4.27. The van der Waals surface area contributed by atoms with E-state index < -0.39 is 0 Å². The van der Waals surface area contributed by atoms with Gasteiger partial charge < -0.3 is 0 Å². The molecule has 5 heteroatoms. The van der Waals surface area contributed by atoms with Crippen LogP contribution >= 0.6 is 0 Å². The van der Waals surface area contributed by atoms with E-state index in [2.05, 4.69) is 5.10 Å². The molecule has 0 atom stereocenters. The van der Waals surface area contributed by atoms with Crippen LogP contribution in [0.5, 0.6) is 0 Å². The van der Waals surface area contributed by atoms with Gasteiger partial charge in [0.1, 0.15) is 11.6 Å². The Morgan fingerprint density at radius 3 is 1.85 bits per heavy atom. The van der Waals surface area contributed by atoms with E-state index in [1.807, 2.05) is 18.2 Å². The van der Waals surface area contributed by atoms with Crippen molar-refractivity contribution in [1.82, 2.24) is 9.78 Å². The zero-order valence-electron chi connectivity index (χ0n) is 14.1. The molecule has 1 heterocycles. The molecule has 4 aromatic rings. The van der Waals surface area contributed by atoms with Gasteiger partial charge in [0.15, 0.2) is 0 Å². The first-order chi connectivity index (χ1) is 13.1. The molecule has 3 nitrogen and oxygen atoms in total. The van der Waals surface area contributed by atoms with Crippen molar-refractivity contribution in [2.75, 3.05) is 0 Å². The van der Waals surface area contributed by atoms with Crippen molar-refractivity contribution in [2.24, 2.45) is 0 Å². The summed E-state index contributed by atoms with van der Waals surface area (Å²) in [4.78, 5) is 13.2. The average Bonchev–Trinajstić information content (AvgIpc) is 2.70. The minimum absolute atomic E-state index is 0.338. The Morgan fingerprint density at radius 2 is 1.26 bits per heavy atom.